The molecule has 4 nitrogen and oxygen atoms in total. The van der Waals surface area contributed by atoms with Crippen molar-refractivity contribution in [2.75, 3.05) is 36.5 Å². The maximum atomic E-state index is 6.11. The molecule has 4 rings (SSSR count). The third-order valence-corrected chi connectivity index (χ3v) is 5.51. The van der Waals surface area contributed by atoms with Crippen LogP contribution in [0.3, 0.4) is 0 Å². The zero-order valence-electron chi connectivity index (χ0n) is 15.9. The standard InChI is InChI=1S/C23H22Cl2N2O2/c24-20-8-6-17(14-21(20)25)16-26-18-7-9-23-22(15-18)27(11-13-29-23)10-12-28-19-4-2-1-3-5-19/h1-9,14-15,26H,10-13,16H2. The second-order valence-electron chi connectivity index (χ2n) is 6.78. The Balaban J connectivity index is 1.40. The second-order valence-corrected chi connectivity index (χ2v) is 7.60. The Hall–Kier alpha value is -2.56. The van der Waals surface area contributed by atoms with Gasteiger partial charge in [-0.1, -0.05) is 47.5 Å². The van der Waals surface area contributed by atoms with Crippen molar-refractivity contribution >= 4 is 34.6 Å². The lowest BCUT2D eigenvalue weighted by Gasteiger charge is -2.31. The maximum Gasteiger partial charge on any atom is 0.142 e. The van der Waals surface area contributed by atoms with Crippen molar-refractivity contribution in [1.29, 1.82) is 0 Å². The van der Waals surface area contributed by atoms with Gasteiger partial charge in [0.25, 0.3) is 0 Å². The summed E-state index contributed by atoms with van der Waals surface area (Å²) in [5, 5.41) is 4.57. The lowest BCUT2D eigenvalue weighted by Crippen LogP contribution is -2.35. The first kappa shape index (κ1) is 19.7. The molecule has 1 aliphatic heterocycles. The first-order chi connectivity index (χ1) is 14.2. The quantitative estimate of drug-likeness (QED) is 0.508. The van der Waals surface area contributed by atoms with E-state index in [0.29, 0.717) is 29.8 Å². The molecule has 0 saturated carbocycles. The number of ether oxygens (including phenoxy) is 2. The highest BCUT2D eigenvalue weighted by Crippen LogP contribution is 2.34. The molecule has 3 aromatic rings. The minimum absolute atomic E-state index is 0.564. The predicted molar refractivity (Wildman–Crippen MR) is 120 cm³/mol. The molecule has 0 spiro atoms. The largest absolute Gasteiger partial charge is 0.492 e. The fourth-order valence-corrected chi connectivity index (χ4v) is 3.58. The molecule has 0 amide bonds. The monoisotopic (exact) mass is 428 g/mol. The van der Waals surface area contributed by atoms with Crippen molar-refractivity contribution < 1.29 is 9.47 Å². The van der Waals surface area contributed by atoms with E-state index in [1.54, 1.807) is 0 Å². The highest BCUT2D eigenvalue weighted by Gasteiger charge is 2.18. The highest BCUT2D eigenvalue weighted by atomic mass is 35.5. The predicted octanol–water partition coefficient (Wildman–Crippen LogP) is 5.88. The lowest BCUT2D eigenvalue weighted by molar-refractivity contribution is 0.288. The molecule has 0 aliphatic carbocycles. The van der Waals surface area contributed by atoms with Crippen LogP contribution >= 0.6 is 23.2 Å². The summed E-state index contributed by atoms with van der Waals surface area (Å²) in [5.41, 5.74) is 3.17. The van der Waals surface area contributed by atoms with Gasteiger partial charge >= 0.3 is 0 Å². The van der Waals surface area contributed by atoms with Crippen molar-refractivity contribution in [3.63, 3.8) is 0 Å². The van der Waals surface area contributed by atoms with Gasteiger partial charge in [0.15, 0.2) is 0 Å². The average molecular weight is 429 g/mol. The van der Waals surface area contributed by atoms with Crippen LogP contribution in [0.5, 0.6) is 11.5 Å². The smallest absolute Gasteiger partial charge is 0.142 e. The van der Waals surface area contributed by atoms with Crippen LogP contribution in [0.25, 0.3) is 0 Å². The van der Waals surface area contributed by atoms with Crippen LogP contribution in [-0.4, -0.2) is 26.3 Å². The molecule has 1 N–H and O–H groups in total. The van der Waals surface area contributed by atoms with Crippen molar-refractivity contribution in [2.24, 2.45) is 0 Å². The zero-order chi connectivity index (χ0) is 20.1. The fourth-order valence-electron chi connectivity index (χ4n) is 3.26. The molecule has 0 radical (unpaired) electrons. The van der Waals surface area contributed by atoms with Gasteiger partial charge in [0.1, 0.15) is 24.7 Å². The van der Waals surface area contributed by atoms with Crippen LogP contribution in [0.4, 0.5) is 11.4 Å². The van der Waals surface area contributed by atoms with Crippen LogP contribution in [0, 0.1) is 0 Å². The second kappa shape index (κ2) is 9.29. The Morgan fingerprint density at radius 3 is 2.66 bits per heavy atom. The minimum Gasteiger partial charge on any atom is -0.492 e. The summed E-state index contributed by atoms with van der Waals surface area (Å²) in [5.74, 6) is 1.79. The molecule has 0 bridgehead atoms. The lowest BCUT2D eigenvalue weighted by atomic mass is 10.2. The molecule has 29 heavy (non-hydrogen) atoms. The number of nitrogens with zero attached hydrogens (tertiary/aromatic N) is 1. The van der Waals surface area contributed by atoms with E-state index in [0.717, 1.165) is 41.5 Å². The molecule has 1 aliphatic rings. The van der Waals surface area contributed by atoms with Crippen molar-refractivity contribution in [2.45, 2.75) is 6.54 Å². The number of halogens is 2. The zero-order valence-corrected chi connectivity index (χ0v) is 17.4. The van der Waals surface area contributed by atoms with Gasteiger partial charge in [0.2, 0.25) is 0 Å². The fraction of sp³-hybridized carbons (Fsp3) is 0.217. The van der Waals surface area contributed by atoms with Crippen LogP contribution < -0.4 is 19.7 Å². The molecule has 0 aromatic heterocycles. The number of anilines is 2. The Labute approximate surface area is 181 Å². The first-order valence-corrected chi connectivity index (χ1v) is 10.3. The summed E-state index contributed by atoms with van der Waals surface area (Å²) in [6.45, 7) is 3.58. The van der Waals surface area contributed by atoms with Gasteiger partial charge in [-0.3, -0.25) is 0 Å². The van der Waals surface area contributed by atoms with E-state index in [1.807, 2.05) is 60.7 Å². The number of hydrogen-bond donors (Lipinski definition) is 1. The SMILES string of the molecule is Clc1ccc(CNc2ccc3c(c2)N(CCOc2ccccc2)CCO3)cc1Cl. The molecule has 1 heterocycles. The van der Waals surface area contributed by atoms with E-state index in [9.17, 15) is 0 Å². The van der Waals surface area contributed by atoms with Crippen LogP contribution in [0.2, 0.25) is 10.0 Å². The molecule has 0 saturated heterocycles. The molecule has 150 valence electrons. The van der Waals surface area contributed by atoms with Gasteiger partial charge < -0.3 is 19.7 Å². The number of benzene rings is 3. The molecule has 0 fully saturated rings. The summed E-state index contributed by atoms with van der Waals surface area (Å²) < 4.78 is 11.7. The maximum absolute atomic E-state index is 6.11. The van der Waals surface area contributed by atoms with Gasteiger partial charge in [-0.25, -0.2) is 0 Å². The number of rotatable bonds is 7. The Morgan fingerprint density at radius 2 is 1.83 bits per heavy atom. The number of nitrogens with one attached hydrogen (secondary N) is 1. The van der Waals surface area contributed by atoms with Gasteiger partial charge in [0.05, 0.1) is 28.8 Å². The number of hydrogen-bond acceptors (Lipinski definition) is 4. The van der Waals surface area contributed by atoms with Crippen LogP contribution in [0.15, 0.2) is 66.7 Å². The molecule has 0 atom stereocenters. The van der Waals surface area contributed by atoms with Gasteiger partial charge in [-0.15, -0.1) is 0 Å². The topological polar surface area (TPSA) is 33.7 Å². The normalized spacial score (nSPS) is 12.8. The van der Waals surface area contributed by atoms with Crippen molar-refractivity contribution in [1.82, 2.24) is 0 Å². The average Bonchev–Trinajstić information content (AvgIpc) is 2.75. The van der Waals surface area contributed by atoms with Gasteiger partial charge in [-0.05, 0) is 48.0 Å². The van der Waals surface area contributed by atoms with E-state index in [2.05, 4.69) is 16.3 Å². The van der Waals surface area contributed by atoms with Crippen LogP contribution in [-0.2, 0) is 6.54 Å². The molecule has 0 unspecified atom stereocenters. The summed E-state index contributed by atoms with van der Waals surface area (Å²) in [6.07, 6.45) is 0. The molecular formula is C23H22Cl2N2O2. The summed E-state index contributed by atoms with van der Waals surface area (Å²) in [7, 11) is 0. The molecule has 3 aromatic carbocycles. The molecule has 6 heteroatoms. The number of para-hydroxylation sites is 1. The van der Waals surface area contributed by atoms with Crippen molar-refractivity contribution in [3.05, 3.63) is 82.3 Å². The third kappa shape index (κ3) is 5.08. The van der Waals surface area contributed by atoms with Crippen molar-refractivity contribution in [3.8, 4) is 11.5 Å². The summed E-state index contributed by atoms with van der Waals surface area (Å²) in [4.78, 5) is 2.30. The summed E-state index contributed by atoms with van der Waals surface area (Å²) in [6, 6.07) is 21.7. The first-order valence-electron chi connectivity index (χ1n) is 9.56. The van der Waals surface area contributed by atoms with Gasteiger partial charge in [0, 0.05) is 12.2 Å². The molecular weight excluding hydrogens is 407 g/mol. The van der Waals surface area contributed by atoms with E-state index in [4.69, 9.17) is 32.7 Å². The van der Waals surface area contributed by atoms with Gasteiger partial charge in [-0.2, -0.15) is 0 Å². The van der Waals surface area contributed by atoms with E-state index in [-0.39, 0.29) is 0 Å². The van der Waals surface area contributed by atoms with E-state index in [1.165, 1.54) is 0 Å². The van der Waals surface area contributed by atoms with E-state index >= 15 is 0 Å². The summed E-state index contributed by atoms with van der Waals surface area (Å²) >= 11 is 12.1. The third-order valence-electron chi connectivity index (χ3n) is 4.77. The number of fused-ring (bicyclic) bond motifs is 1. The Morgan fingerprint density at radius 1 is 0.966 bits per heavy atom. The highest BCUT2D eigenvalue weighted by molar-refractivity contribution is 6.42. The minimum atomic E-state index is 0.564. The van der Waals surface area contributed by atoms with Crippen LogP contribution in [0.1, 0.15) is 5.56 Å². The van der Waals surface area contributed by atoms with E-state index < -0.39 is 0 Å². The Bertz CT molecular complexity index is 966. The Kier molecular flexibility index (Phi) is 6.33.